The van der Waals surface area contributed by atoms with Gasteiger partial charge < -0.3 is 15.0 Å². The number of methoxy groups -OCH3 is 1. The second-order valence-electron chi connectivity index (χ2n) is 5.90. The van der Waals surface area contributed by atoms with Gasteiger partial charge >= 0.3 is 0 Å². The monoisotopic (exact) mass is 339 g/mol. The third-order valence-electron chi connectivity index (χ3n) is 4.34. The first kappa shape index (κ1) is 17.1. The summed E-state index contributed by atoms with van der Waals surface area (Å²) in [7, 11) is 3.53. The topological polar surface area (TPSA) is 54.7 Å². The maximum atomic E-state index is 5.32. The average molecular weight is 339 g/mol. The van der Waals surface area contributed by atoms with Crippen molar-refractivity contribution in [1.29, 1.82) is 0 Å². The van der Waals surface area contributed by atoms with E-state index in [-0.39, 0.29) is 0 Å². The molecule has 25 heavy (non-hydrogen) atoms. The molecule has 0 spiro atoms. The molecule has 1 aliphatic rings. The number of benzene rings is 1. The molecule has 1 aromatic carbocycles. The van der Waals surface area contributed by atoms with Crippen LogP contribution in [-0.4, -0.2) is 54.4 Å². The van der Waals surface area contributed by atoms with Gasteiger partial charge in [-0.25, -0.2) is 0 Å². The summed E-state index contributed by atoms with van der Waals surface area (Å²) in [6.07, 6.45) is 7.03. The zero-order chi connectivity index (χ0) is 17.5. The Morgan fingerprint density at radius 3 is 2.96 bits per heavy atom. The molecule has 0 saturated carbocycles. The van der Waals surface area contributed by atoms with Crippen molar-refractivity contribution >= 4 is 11.5 Å². The number of aliphatic imine (C=N–C) groups is 1. The third-order valence-corrected chi connectivity index (χ3v) is 4.34. The SMILES string of the molecule is CN=C(NCCn1cccn1)N1CC=C(c2cccc(OC)c2)CC1. The van der Waals surface area contributed by atoms with Crippen molar-refractivity contribution in [2.45, 2.75) is 13.0 Å². The maximum absolute atomic E-state index is 5.32. The Labute approximate surface area is 148 Å². The molecule has 0 saturated heterocycles. The van der Waals surface area contributed by atoms with Crippen molar-refractivity contribution in [3.8, 4) is 5.75 Å². The Hall–Kier alpha value is -2.76. The molecule has 0 amide bonds. The van der Waals surface area contributed by atoms with E-state index in [0.717, 1.165) is 44.3 Å². The molecular formula is C19H25N5O. The quantitative estimate of drug-likeness (QED) is 0.671. The molecule has 0 fully saturated rings. The summed E-state index contributed by atoms with van der Waals surface area (Å²) in [6.45, 7) is 3.43. The van der Waals surface area contributed by atoms with Crippen molar-refractivity contribution in [1.82, 2.24) is 20.0 Å². The van der Waals surface area contributed by atoms with Crippen LogP contribution in [0, 0.1) is 0 Å². The number of nitrogens with zero attached hydrogens (tertiary/aromatic N) is 4. The van der Waals surface area contributed by atoms with E-state index >= 15 is 0 Å². The van der Waals surface area contributed by atoms with Gasteiger partial charge in [-0.2, -0.15) is 5.10 Å². The summed E-state index contributed by atoms with van der Waals surface area (Å²) >= 11 is 0. The highest BCUT2D eigenvalue weighted by Gasteiger charge is 2.16. The number of hydrogen-bond donors (Lipinski definition) is 1. The summed E-state index contributed by atoms with van der Waals surface area (Å²) < 4.78 is 7.24. The normalized spacial score (nSPS) is 15.0. The van der Waals surface area contributed by atoms with Crippen LogP contribution in [0.5, 0.6) is 5.75 Å². The van der Waals surface area contributed by atoms with Gasteiger partial charge in [0, 0.05) is 39.1 Å². The van der Waals surface area contributed by atoms with E-state index in [1.54, 1.807) is 13.3 Å². The lowest BCUT2D eigenvalue weighted by molar-refractivity contribution is 0.414. The minimum Gasteiger partial charge on any atom is -0.497 e. The molecule has 0 bridgehead atoms. The number of hydrogen-bond acceptors (Lipinski definition) is 3. The molecule has 3 rings (SSSR count). The fraction of sp³-hybridized carbons (Fsp3) is 0.368. The number of aromatic nitrogens is 2. The van der Waals surface area contributed by atoms with Crippen molar-refractivity contribution in [3.05, 3.63) is 54.4 Å². The predicted octanol–water partition coefficient (Wildman–Crippen LogP) is 2.26. The minimum atomic E-state index is 0.803. The lowest BCUT2D eigenvalue weighted by atomic mass is 9.99. The Morgan fingerprint density at radius 2 is 2.28 bits per heavy atom. The molecule has 2 heterocycles. The van der Waals surface area contributed by atoms with Crippen molar-refractivity contribution in [2.75, 3.05) is 33.8 Å². The Morgan fingerprint density at radius 1 is 1.36 bits per heavy atom. The van der Waals surface area contributed by atoms with E-state index in [4.69, 9.17) is 4.74 Å². The van der Waals surface area contributed by atoms with Gasteiger partial charge in [-0.3, -0.25) is 9.67 Å². The lowest BCUT2D eigenvalue weighted by Gasteiger charge is -2.30. The summed E-state index contributed by atoms with van der Waals surface area (Å²) in [6, 6.07) is 10.2. The molecule has 1 N–H and O–H groups in total. The highest BCUT2D eigenvalue weighted by atomic mass is 16.5. The zero-order valence-electron chi connectivity index (χ0n) is 14.9. The van der Waals surface area contributed by atoms with E-state index in [0.29, 0.717) is 0 Å². The Kier molecular flexibility index (Phi) is 5.72. The smallest absolute Gasteiger partial charge is 0.194 e. The van der Waals surface area contributed by atoms with Gasteiger partial charge in [-0.15, -0.1) is 0 Å². The molecular weight excluding hydrogens is 314 g/mol. The van der Waals surface area contributed by atoms with Crippen molar-refractivity contribution in [2.24, 2.45) is 4.99 Å². The van der Waals surface area contributed by atoms with E-state index < -0.39 is 0 Å². The second kappa shape index (κ2) is 8.37. The van der Waals surface area contributed by atoms with Gasteiger partial charge in [0.05, 0.1) is 13.7 Å². The van der Waals surface area contributed by atoms with Crippen LogP contribution < -0.4 is 10.1 Å². The molecule has 6 heteroatoms. The first-order chi connectivity index (χ1) is 12.3. The van der Waals surface area contributed by atoms with Gasteiger partial charge in [0.1, 0.15) is 5.75 Å². The van der Waals surface area contributed by atoms with Crippen LogP contribution in [0.4, 0.5) is 0 Å². The Bertz CT molecular complexity index is 736. The van der Waals surface area contributed by atoms with Gasteiger partial charge in [0.2, 0.25) is 0 Å². The van der Waals surface area contributed by atoms with Crippen molar-refractivity contribution in [3.63, 3.8) is 0 Å². The largest absolute Gasteiger partial charge is 0.497 e. The van der Waals surface area contributed by atoms with Gasteiger partial charge in [-0.05, 0) is 35.8 Å². The van der Waals surface area contributed by atoms with Crippen LogP contribution in [0.3, 0.4) is 0 Å². The number of guanidine groups is 1. The first-order valence-corrected chi connectivity index (χ1v) is 8.56. The maximum Gasteiger partial charge on any atom is 0.194 e. The summed E-state index contributed by atoms with van der Waals surface area (Å²) in [5.41, 5.74) is 2.60. The molecule has 0 unspecified atom stereocenters. The highest BCUT2D eigenvalue weighted by Crippen LogP contribution is 2.25. The van der Waals surface area contributed by atoms with Crippen LogP contribution in [0.15, 0.2) is 53.8 Å². The molecule has 6 nitrogen and oxygen atoms in total. The fourth-order valence-corrected chi connectivity index (χ4v) is 2.99. The average Bonchev–Trinajstić information content (AvgIpc) is 3.19. The summed E-state index contributed by atoms with van der Waals surface area (Å²) in [5, 5.41) is 7.63. The van der Waals surface area contributed by atoms with Crippen molar-refractivity contribution < 1.29 is 4.74 Å². The van der Waals surface area contributed by atoms with E-state index in [2.05, 4.69) is 38.5 Å². The number of ether oxygens (including phenoxy) is 1. The lowest BCUT2D eigenvalue weighted by Crippen LogP contribution is -2.44. The second-order valence-corrected chi connectivity index (χ2v) is 5.90. The minimum absolute atomic E-state index is 0.803. The van der Waals surface area contributed by atoms with E-state index in [1.807, 2.05) is 36.1 Å². The van der Waals surface area contributed by atoms with Crippen LogP contribution >= 0.6 is 0 Å². The molecule has 0 radical (unpaired) electrons. The van der Waals surface area contributed by atoms with Gasteiger partial charge in [-0.1, -0.05) is 18.2 Å². The van der Waals surface area contributed by atoms with Crippen LogP contribution in [0.25, 0.3) is 5.57 Å². The van der Waals surface area contributed by atoms with Crippen LogP contribution in [-0.2, 0) is 6.54 Å². The molecule has 0 atom stereocenters. The Balaban J connectivity index is 1.56. The van der Waals surface area contributed by atoms with E-state index in [9.17, 15) is 0 Å². The number of nitrogens with one attached hydrogen (secondary N) is 1. The highest BCUT2D eigenvalue weighted by molar-refractivity contribution is 5.81. The standard InChI is InChI=1S/C19H25N5O/c1-20-19(21-10-14-24-11-4-9-22-24)23-12-7-16(8-13-23)17-5-3-6-18(15-17)25-2/h3-7,9,11,15H,8,10,12-14H2,1-2H3,(H,20,21). The molecule has 132 valence electrons. The first-order valence-electron chi connectivity index (χ1n) is 8.56. The molecule has 1 aliphatic heterocycles. The molecule has 1 aromatic heterocycles. The zero-order valence-corrected chi connectivity index (χ0v) is 14.9. The van der Waals surface area contributed by atoms with Crippen LogP contribution in [0.1, 0.15) is 12.0 Å². The summed E-state index contributed by atoms with van der Waals surface area (Å²) in [5.74, 6) is 1.84. The summed E-state index contributed by atoms with van der Waals surface area (Å²) in [4.78, 5) is 6.68. The van der Waals surface area contributed by atoms with Crippen LogP contribution in [0.2, 0.25) is 0 Å². The fourth-order valence-electron chi connectivity index (χ4n) is 2.99. The third kappa shape index (κ3) is 4.41. The van der Waals surface area contributed by atoms with Gasteiger partial charge in [0.25, 0.3) is 0 Å². The van der Waals surface area contributed by atoms with Gasteiger partial charge in [0.15, 0.2) is 5.96 Å². The molecule has 2 aromatic rings. The molecule has 0 aliphatic carbocycles. The predicted molar refractivity (Wildman–Crippen MR) is 101 cm³/mol. The number of rotatable bonds is 5. The van der Waals surface area contributed by atoms with E-state index in [1.165, 1.54) is 11.1 Å².